The number of aromatic nitrogens is 2. The van der Waals surface area contributed by atoms with E-state index in [0.29, 0.717) is 17.2 Å². The standard InChI is InChI=1S/C37H38F2N2O2/c1-5-20-41-34-22-26(24(3)42)14-15-31(34)35(25-10-7-6-8-11-25)36(41)30-17-19-33-29(23(30)2)16-18-32(40-33)27-12-9-13-28(21-27)43-37(4,38)39/h9,12-19,21-22,25H,5-8,10-11,20H2,1-4H3. The molecule has 0 atom stereocenters. The Morgan fingerprint density at radius 3 is 2.49 bits per heavy atom. The average Bonchev–Trinajstić information content (AvgIpc) is 3.30. The molecule has 0 bridgehead atoms. The zero-order chi connectivity index (χ0) is 30.3. The summed E-state index contributed by atoms with van der Waals surface area (Å²) in [6.07, 6.45) is 3.84. The maximum Gasteiger partial charge on any atom is 0.394 e. The van der Waals surface area contributed by atoms with Crippen LogP contribution in [0.5, 0.6) is 5.75 Å². The first-order valence-electron chi connectivity index (χ1n) is 15.4. The Labute approximate surface area is 251 Å². The van der Waals surface area contributed by atoms with E-state index >= 15 is 0 Å². The van der Waals surface area contributed by atoms with Crippen LogP contribution < -0.4 is 4.74 Å². The van der Waals surface area contributed by atoms with Crippen molar-refractivity contribution in [3.8, 4) is 28.3 Å². The summed E-state index contributed by atoms with van der Waals surface area (Å²) in [5.74, 6) is 0.662. The average molecular weight is 581 g/mol. The van der Waals surface area contributed by atoms with Crippen LogP contribution >= 0.6 is 0 Å². The molecule has 1 aliphatic carbocycles. The highest BCUT2D eigenvalue weighted by Crippen LogP contribution is 2.46. The SMILES string of the molecule is CCCn1c(-c2ccc3nc(-c4cccc(OC(C)(F)F)c4)ccc3c2C)c(C2CCCCC2)c2ccc(C(C)=O)cc21. The second-order valence-electron chi connectivity index (χ2n) is 12.0. The summed E-state index contributed by atoms with van der Waals surface area (Å²) < 4.78 is 34.2. The molecular weight excluding hydrogens is 542 g/mol. The third-order valence-corrected chi connectivity index (χ3v) is 8.79. The fourth-order valence-corrected chi connectivity index (χ4v) is 6.84. The lowest BCUT2D eigenvalue weighted by atomic mass is 9.81. The summed E-state index contributed by atoms with van der Waals surface area (Å²) in [6.45, 7) is 7.59. The van der Waals surface area contributed by atoms with E-state index in [2.05, 4.69) is 48.7 Å². The number of ether oxygens (including phenoxy) is 1. The predicted octanol–water partition coefficient (Wildman–Crippen LogP) is 10.5. The Kier molecular flexibility index (Phi) is 7.80. The minimum Gasteiger partial charge on any atom is -0.433 e. The van der Waals surface area contributed by atoms with Gasteiger partial charge in [-0.05, 0) is 80.5 Å². The quantitative estimate of drug-likeness (QED) is 0.172. The topological polar surface area (TPSA) is 44.1 Å². The number of pyridine rings is 1. The molecule has 0 saturated heterocycles. The molecule has 0 spiro atoms. The summed E-state index contributed by atoms with van der Waals surface area (Å²) in [5, 5.41) is 2.31. The van der Waals surface area contributed by atoms with Gasteiger partial charge in [0.25, 0.3) is 0 Å². The fourth-order valence-electron chi connectivity index (χ4n) is 6.84. The molecule has 1 fully saturated rings. The number of alkyl halides is 2. The number of rotatable bonds is 8. The van der Waals surface area contributed by atoms with Gasteiger partial charge < -0.3 is 9.30 Å². The molecule has 222 valence electrons. The van der Waals surface area contributed by atoms with Gasteiger partial charge in [0, 0.05) is 46.4 Å². The van der Waals surface area contributed by atoms with E-state index in [1.54, 1.807) is 19.1 Å². The number of carbonyl (C=O) groups excluding carboxylic acids is 1. The number of aryl methyl sites for hydroxylation is 2. The van der Waals surface area contributed by atoms with E-state index in [4.69, 9.17) is 9.72 Å². The first kappa shape index (κ1) is 29.0. The lowest BCUT2D eigenvalue weighted by molar-refractivity contribution is -0.158. The van der Waals surface area contributed by atoms with Crippen LogP contribution in [0.3, 0.4) is 0 Å². The zero-order valence-electron chi connectivity index (χ0n) is 25.3. The monoisotopic (exact) mass is 580 g/mol. The summed E-state index contributed by atoms with van der Waals surface area (Å²) in [5.41, 5.74) is 9.17. The number of nitrogens with zero attached hydrogens (tertiary/aromatic N) is 2. The van der Waals surface area contributed by atoms with E-state index in [0.717, 1.165) is 47.4 Å². The number of carbonyl (C=O) groups is 1. The number of fused-ring (bicyclic) bond motifs is 2. The van der Waals surface area contributed by atoms with Crippen LogP contribution in [0.1, 0.15) is 86.7 Å². The van der Waals surface area contributed by atoms with E-state index in [1.165, 1.54) is 60.4 Å². The van der Waals surface area contributed by atoms with Crippen molar-refractivity contribution < 1.29 is 18.3 Å². The number of halogens is 2. The highest BCUT2D eigenvalue weighted by Gasteiger charge is 2.28. The summed E-state index contributed by atoms with van der Waals surface area (Å²) in [6, 6.07) is 21.2. The Balaban J connectivity index is 1.51. The third kappa shape index (κ3) is 5.67. The van der Waals surface area contributed by atoms with Crippen molar-refractivity contribution in [2.75, 3.05) is 0 Å². The molecule has 0 N–H and O–H groups in total. The van der Waals surface area contributed by atoms with Crippen LogP contribution in [0.2, 0.25) is 0 Å². The highest BCUT2D eigenvalue weighted by molar-refractivity contribution is 6.02. The van der Waals surface area contributed by atoms with Crippen LogP contribution in [-0.2, 0) is 6.54 Å². The summed E-state index contributed by atoms with van der Waals surface area (Å²) in [7, 11) is 0. The lowest BCUT2D eigenvalue weighted by Crippen LogP contribution is -2.19. The van der Waals surface area contributed by atoms with E-state index in [1.807, 2.05) is 18.2 Å². The van der Waals surface area contributed by atoms with E-state index in [9.17, 15) is 13.6 Å². The second kappa shape index (κ2) is 11.6. The van der Waals surface area contributed by atoms with Crippen LogP contribution in [0.4, 0.5) is 8.78 Å². The van der Waals surface area contributed by atoms with Gasteiger partial charge in [-0.1, -0.05) is 62.6 Å². The molecule has 0 radical (unpaired) electrons. The second-order valence-corrected chi connectivity index (χ2v) is 12.0. The molecule has 0 amide bonds. The number of hydrogen-bond acceptors (Lipinski definition) is 3. The third-order valence-electron chi connectivity index (χ3n) is 8.79. The number of ketones is 1. The zero-order valence-corrected chi connectivity index (χ0v) is 25.3. The first-order chi connectivity index (χ1) is 20.6. The molecular formula is C37H38F2N2O2. The van der Waals surface area contributed by atoms with Crippen LogP contribution in [0.25, 0.3) is 44.3 Å². The van der Waals surface area contributed by atoms with Crippen LogP contribution in [-0.4, -0.2) is 21.4 Å². The molecule has 3 aromatic carbocycles. The Morgan fingerprint density at radius 2 is 1.77 bits per heavy atom. The van der Waals surface area contributed by atoms with Crippen molar-refractivity contribution in [2.45, 2.75) is 84.8 Å². The van der Waals surface area contributed by atoms with Crippen molar-refractivity contribution in [1.82, 2.24) is 9.55 Å². The van der Waals surface area contributed by atoms with Gasteiger partial charge in [-0.25, -0.2) is 4.98 Å². The molecule has 1 aliphatic rings. The molecule has 43 heavy (non-hydrogen) atoms. The molecule has 6 heteroatoms. The van der Waals surface area contributed by atoms with Crippen molar-refractivity contribution in [1.29, 1.82) is 0 Å². The van der Waals surface area contributed by atoms with Crippen molar-refractivity contribution >= 4 is 27.6 Å². The van der Waals surface area contributed by atoms with Gasteiger partial charge in [0.15, 0.2) is 5.78 Å². The highest BCUT2D eigenvalue weighted by atomic mass is 19.3. The van der Waals surface area contributed by atoms with Crippen LogP contribution in [0, 0.1) is 6.92 Å². The van der Waals surface area contributed by atoms with E-state index in [-0.39, 0.29) is 11.5 Å². The minimum atomic E-state index is -3.26. The maximum absolute atomic E-state index is 13.5. The molecule has 2 aromatic heterocycles. The molecule has 0 unspecified atom stereocenters. The van der Waals surface area contributed by atoms with Gasteiger partial charge in [0.1, 0.15) is 5.75 Å². The van der Waals surface area contributed by atoms with Crippen molar-refractivity contribution in [3.63, 3.8) is 0 Å². The summed E-state index contributed by atoms with van der Waals surface area (Å²) >= 11 is 0. The molecule has 6 rings (SSSR count). The van der Waals surface area contributed by atoms with Gasteiger partial charge in [-0.2, -0.15) is 8.78 Å². The fraction of sp³-hybridized carbons (Fsp3) is 0.351. The van der Waals surface area contributed by atoms with Gasteiger partial charge >= 0.3 is 6.11 Å². The molecule has 1 saturated carbocycles. The van der Waals surface area contributed by atoms with Crippen molar-refractivity contribution in [2.24, 2.45) is 0 Å². The number of Topliss-reactive ketones (excluding diaryl/α,β-unsaturated/α-hetero) is 1. The Morgan fingerprint density at radius 1 is 1.00 bits per heavy atom. The molecule has 0 aliphatic heterocycles. The first-order valence-corrected chi connectivity index (χ1v) is 15.4. The Hall–Kier alpha value is -4.06. The van der Waals surface area contributed by atoms with Gasteiger partial charge in [0.05, 0.1) is 16.9 Å². The minimum absolute atomic E-state index is 0.0798. The normalized spacial score (nSPS) is 14.5. The maximum atomic E-state index is 13.5. The molecule has 2 heterocycles. The largest absolute Gasteiger partial charge is 0.433 e. The van der Waals surface area contributed by atoms with Crippen LogP contribution in [0.15, 0.2) is 66.7 Å². The van der Waals surface area contributed by atoms with Crippen molar-refractivity contribution in [3.05, 3.63) is 83.4 Å². The smallest absolute Gasteiger partial charge is 0.394 e. The Bertz CT molecular complexity index is 1830. The summed E-state index contributed by atoms with van der Waals surface area (Å²) in [4.78, 5) is 17.3. The lowest BCUT2D eigenvalue weighted by Gasteiger charge is -2.24. The molecule has 5 aromatic rings. The van der Waals surface area contributed by atoms with E-state index < -0.39 is 6.11 Å². The number of benzene rings is 3. The predicted molar refractivity (Wildman–Crippen MR) is 170 cm³/mol. The van der Waals surface area contributed by atoms with Gasteiger partial charge in [-0.15, -0.1) is 0 Å². The van der Waals surface area contributed by atoms with Gasteiger partial charge in [0.2, 0.25) is 0 Å². The molecule has 4 nitrogen and oxygen atoms in total. The number of hydrogen-bond donors (Lipinski definition) is 0. The van der Waals surface area contributed by atoms with Gasteiger partial charge in [-0.3, -0.25) is 4.79 Å².